The van der Waals surface area contributed by atoms with Gasteiger partial charge >= 0.3 is 346 Å². The molecule has 0 radical (unpaired) electrons. The molecule has 4 aromatic rings. The van der Waals surface area contributed by atoms with Crippen molar-refractivity contribution in [3.63, 3.8) is 0 Å². The van der Waals surface area contributed by atoms with Gasteiger partial charge < -0.3 is 0 Å². The second kappa shape index (κ2) is 21.4. The second-order valence-electron chi connectivity index (χ2n) is 16.1. The van der Waals surface area contributed by atoms with Crippen molar-refractivity contribution in [3.8, 4) is 17.2 Å². The number of benzene rings is 4. The van der Waals surface area contributed by atoms with Gasteiger partial charge in [-0.05, 0) is 13.8 Å². The van der Waals surface area contributed by atoms with Gasteiger partial charge in [0.15, 0.2) is 0 Å². The molecule has 0 unspecified atom stereocenters. The van der Waals surface area contributed by atoms with Crippen molar-refractivity contribution < 1.29 is 60.0 Å². The Morgan fingerprint density at radius 2 is 1.19 bits per heavy atom. The van der Waals surface area contributed by atoms with Crippen molar-refractivity contribution >= 4 is 28.3 Å². The third-order valence-electron chi connectivity index (χ3n) is 10.6. The van der Waals surface area contributed by atoms with Gasteiger partial charge in [0.05, 0.1) is 14.2 Å². The molecule has 0 spiro atoms. The molecule has 4 aromatic carbocycles. The summed E-state index contributed by atoms with van der Waals surface area (Å²) in [6.07, 6.45) is -5.08. The fourth-order valence-corrected chi connectivity index (χ4v) is 10.2. The number of rotatable bonds is 21. The van der Waals surface area contributed by atoms with Crippen molar-refractivity contribution in [3.05, 3.63) is 132 Å². The van der Waals surface area contributed by atoms with Crippen LogP contribution in [-0.4, -0.2) is 113 Å². The van der Waals surface area contributed by atoms with Gasteiger partial charge in [-0.2, -0.15) is 0 Å². The Morgan fingerprint density at radius 1 is 0.645 bits per heavy atom. The summed E-state index contributed by atoms with van der Waals surface area (Å²) in [4.78, 5) is 0. The van der Waals surface area contributed by atoms with E-state index in [1.807, 2.05) is 130 Å². The first-order valence-electron chi connectivity index (χ1n) is 20.7. The molecule has 3 aliphatic heterocycles. The molecule has 13 nitrogen and oxygen atoms in total. The zero-order valence-corrected chi connectivity index (χ0v) is 39.1. The molecule has 0 saturated carbocycles. The summed E-state index contributed by atoms with van der Waals surface area (Å²) in [5.74, 6) is 1.51. The second-order valence-corrected chi connectivity index (χ2v) is 21.1. The monoisotopic (exact) mass is 938 g/mol. The van der Waals surface area contributed by atoms with Crippen LogP contribution in [0.15, 0.2) is 115 Å². The molecule has 7 rings (SSSR count). The summed E-state index contributed by atoms with van der Waals surface area (Å²) in [7, 11) is 1.88. The number of ether oxygens (including phenoxy) is 10. The van der Waals surface area contributed by atoms with E-state index in [1.165, 1.54) is 0 Å². The number of hydrogen-bond acceptors (Lipinski definition) is 13. The molecule has 8 atom stereocenters. The van der Waals surface area contributed by atoms with Crippen LogP contribution < -0.4 is 18.7 Å². The summed E-state index contributed by atoms with van der Waals surface area (Å²) >= 11 is -0.451. The Morgan fingerprint density at radius 3 is 1.74 bits per heavy atom. The quantitative estimate of drug-likeness (QED) is 0.0659. The van der Waals surface area contributed by atoms with Gasteiger partial charge in [-0.1, -0.05) is 0 Å². The van der Waals surface area contributed by atoms with Gasteiger partial charge in [-0.25, -0.2) is 0 Å². The van der Waals surface area contributed by atoms with Gasteiger partial charge in [0.2, 0.25) is 0 Å². The Bertz CT molecular complexity index is 2000. The van der Waals surface area contributed by atoms with Gasteiger partial charge in [0.1, 0.15) is 0 Å². The molecule has 3 aliphatic rings. The summed E-state index contributed by atoms with van der Waals surface area (Å²) < 4.78 is 83.2. The van der Waals surface area contributed by atoms with Crippen LogP contribution in [0.1, 0.15) is 30.5 Å². The van der Waals surface area contributed by atoms with E-state index >= 15 is 0 Å². The van der Waals surface area contributed by atoms with Crippen LogP contribution in [0.25, 0.3) is 0 Å². The molecule has 0 aliphatic carbocycles. The Hall–Kier alpha value is -3.64. The van der Waals surface area contributed by atoms with E-state index < -0.39 is 72.7 Å². The first kappa shape index (κ1) is 46.4. The molecule has 3 heterocycles. The van der Waals surface area contributed by atoms with Gasteiger partial charge in [-0.3, -0.25) is 0 Å². The average Bonchev–Trinajstić information content (AvgIpc) is 3.75. The predicted molar refractivity (Wildman–Crippen MR) is 234 cm³/mol. The third kappa shape index (κ3) is 12.3. The molecule has 0 amide bonds. The van der Waals surface area contributed by atoms with Crippen LogP contribution in [0, 0.1) is 0 Å². The summed E-state index contributed by atoms with van der Waals surface area (Å²) in [5, 5.41) is 0. The molecule has 0 aromatic heterocycles. The summed E-state index contributed by atoms with van der Waals surface area (Å²) in [6, 6.07) is 33.3. The van der Waals surface area contributed by atoms with E-state index in [0.29, 0.717) is 6.61 Å². The van der Waals surface area contributed by atoms with Crippen LogP contribution in [0.4, 0.5) is 0 Å². The normalized spacial score (nSPS) is 25.7. The van der Waals surface area contributed by atoms with E-state index in [4.69, 9.17) is 60.0 Å². The van der Waals surface area contributed by atoms with Crippen LogP contribution in [0.3, 0.4) is 0 Å². The summed E-state index contributed by atoms with van der Waals surface area (Å²) in [6.45, 7) is 13.2. The van der Waals surface area contributed by atoms with Crippen molar-refractivity contribution in [2.45, 2.75) is 102 Å². The van der Waals surface area contributed by atoms with E-state index in [1.54, 1.807) is 21.3 Å². The topological polar surface area (TPSA) is 120 Å². The molecule has 0 bridgehead atoms. The van der Waals surface area contributed by atoms with Gasteiger partial charge in [-0.15, -0.1) is 0 Å². The van der Waals surface area contributed by atoms with Crippen molar-refractivity contribution in [2.24, 2.45) is 0 Å². The SMILES string of the molecule is C=C1[C@H]2OC(C)(C)O[C@H]2O[C@@H]1CO[Si](C)(C)O[C@H]1[C@H](O[Se]c2ccccc2)O[C@H](COCc2ccc(OC)cc2)[C@@H](OCc2ccc(OC)cc2)[C@@H]1OCc1ccc(OC)cc1. The fourth-order valence-electron chi connectivity index (χ4n) is 7.33. The van der Waals surface area contributed by atoms with E-state index in [0.717, 1.165) is 44.0 Å². The summed E-state index contributed by atoms with van der Waals surface area (Å²) in [5.41, 5.74) is 3.63. The van der Waals surface area contributed by atoms with E-state index in [2.05, 4.69) is 6.58 Å². The number of hydrogen-bond donors (Lipinski definition) is 0. The molecule has 334 valence electrons. The molecule has 3 fully saturated rings. The Labute approximate surface area is 372 Å². The first-order valence-corrected chi connectivity index (χ1v) is 25.0. The first-order chi connectivity index (χ1) is 29.9. The van der Waals surface area contributed by atoms with Crippen LogP contribution in [-0.2, 0) is 65.6 Å². The maximum atomic E-state index is 7.13. The van der Waals surface area contributed by atoms with Crippen molar-refractivity contribution in [1.82, 2.24) is 0 Å². The molecule has 62 heavy (non-hydrogen) atoms. The molecular weight excluding hydrogens is 880 g/mol. The molecule has 3 saturated heterocycles. The van der Waals surface area contributed by atoms with Crippen LogP contribution in [0.5, 0.6) is 17.2 Å². The zero-order chi connectivity index (χ0) is 43.7. The van der Waals surface area contributed by atoms with E-state index in [9.17, 15) is 0 Å². The van der Waals surface area contributed by atoms with E-state index in [-0.39, 0.29) is 32.5 Å². The predicted octanol–water partition coefficient (Wildman–Crippen LogP) is 6.62. The zero-order valence-electron chi connectivity index (χ0n) is 36.4. The molecular formula is C47H58O13SeSi. The van der Waals surface area contributed by atoms with Crippen LogP contribution in [0.2, 0.25) is 13.1 Å². The van der Waals surface area contributed by atoms with Crippen molar-refractivity contribution in [1.29, 1.82) is 0 Å². The maximum absolute atomic E-state index is 7.13. The molecule has 15 heteroatoms. The number of fused-ring (bicyclic) bond motifs is 1. The Kier molecular flexibility index (Phi) is 16.0. The Balaban J connectivity index is 1.18. The minimum absolute atomic E-state index is 0.175. The fraction of sp³-hybridized carbons (Fsp3) is 0.447. The van der Waals surface area contributed by atoms with Gasteiger partial charge in [0.25, 0.3) is 0 Å². The third-order valence-corrected chi connectivity index (χ3v) is 13.9. The molecule has 0 N–H and O–H groups in total. The standard InChI is InChI=1S/C47H58O13SeSi/c1-31-39(55-45-41(31)57-47(2,3)58-45)30-54-62(7,8)60-44-43(53-28-34-18-24-37(50-6)25-19-34)42(52-27-33-16-22-36(49-5)23-17-33)40(29-51-26-32-14-20-35(48-4)21-15-32)56-46(44)59-61-38-12-10-9-11-13-38/h9-25,39-46H,1,26-30H2,2-8H3/t39-,40-,41-,42-,43+,44-,45-,46+/m1/s1. The average molecular weight is 938 g/mol. The minimum atomic E-state index is -3.05. The number of methoxy groups -OCH3 is 3. The van der Waals surface area contributed by atoms with Crippen LogP contribution >= 0.6 is 0 Å². The van der Waals surface area contributed by atoms with Crippen molar-refractivity contribution in [2.75, 3.05) is 34.5 Å². The van der Waals surface area contributed by atoms with Gasteiger partial charge in [0, 0.05) is 0 Å².